The SMILES string of the molecule is CC(C)c1nc(N)cc(N2CCCc3ccccc32)n1. The van der Waals surface area contributed by atoms with Crippen LogP contribution in [0.25, 0.3) is 0 Å². The van der Waals surface area contributed by atoms with Crippen LogP contribution in [0.3, 0.4) is 0 Å². The fourth-order valence-electron chi connectivity index (χ4n) is 2.64. The zero-order valence-corrected chi connectivity index (χ0v) is 12.0. The number of fused-ring (bicyclic) bond motifs is 1. The molecular formula is C16H20N4. The molecule has 0 saturated heterocycles. The fourth-order valence-corrected chi connectivity index (χ4v) is 2.64. The van der Waals surface area contributed by atoms with E-state index in [-0.39, 0.29) is 5.92 Å². The van der Waals surface area contributed by atoms with Crippen molar-refractivity contribution in [3.05, 3.63) is 41.7 Å². The molecule has 2 N–H and O–H groups in total. The first kappa shape index (κ1) is 12.9. The Bertz CT molecular complexity index is 622. The number of nitrogens with zero attached hydrogens (tertiary/aromatic N) is 3. The molecule has 0 fully saturated rings. The van der Waals surface area contributed by atoms with Crippen LogP contribution in [0, 0.1) is 0 Å². The van der Waals surface area contributed by atoms with Gasteiger partial charge in [0.05, 0.1) is 0 Å². The first-order valence-electron chi connectivity index (χ1n) is 7.15. The van der Waals surface area contributed by atoms with Gasteiger partial charge in [0.25, 0.3) is 0 Å². The van der Waals surface area contributed by atoms with Crippen molar-refractivity contribution < 1.29 is 0 Å². The third kappa shape index (κ3) is 2.33. The van der Waals surface area contributed by atoms with E-state index in [9.17, 15) is 0 Å². The normalized spacial score (nSPS) is 14.4. The van der Waals surface area contributed by atoms with E-state index in [0.717, 1.165) is 31.0 Å². The van der Waals surface area contributed by atoms with E-state index in [2.05, 4.69) is 48.0 Å². The number of benzene rings is 1. The van der Waals surface area contributed by atoms with Crippen molar-refractivity contribution in [1.82, 2.24) is 9.97 Å². The molecule has 1 aromatic carbocycles. The zero-order chi connectivity index (χ0) is 14.1. The van der Waals surface area contributed by atoms with Gasteiger partial charge in [0.2, 0.25) is 0 Å². The standard InChI is InChI=1S/C16H20N4/c1-11(2)16-18-14(17)10-15(19-16)20-9-5-7-12-6-3-4-8-13(12)20/h3-4,6,8,10-11H,5,7,9H2,1-2H3,(H2,17,18,19). The number of para-hydroxylation sites is 1. The molecule has 0 amide bonds. The predicted octanol–water partition coefficient (Wildman–Crippen LogP) is 3.27. The molecule has 1 aliphatic rings. The average Bonchev–Trinajstić information content (AvgIpc) is 2.46. The summed E-state index contributed by atoms with van der Waals surface area (Å²) in [5.74, 6) is 2.54. The summed E-state index contributed by atoms with van der Waals surface area (Å²) in [5, 5.41) is 0. The molecule has 1 aliphatic heterocycles. The lowest BCUT2D eigenvalue weighted by atomic mass is 10.0. The summed E-state index contributed by atoms with van der Waals surface area (Å²) in [6.45, 7) is 5.15. The van der Waals surface area contributed by atoms with Crippen molar-refractivity contribution in [1.29, 1.82) is 0 Å². The topological polar surface area (TPSA) is 55.0 Å². The van der Waals surface area contributed by atoms with Crippen LogP contribution < -0.4 is 10.6 Å². The molecule has 2 aromatic rings. The molecule has 4 nitrogen and oxygen atoms in total. The number of hydrogen-bond acceptors (Lipinski definition) is 4. The van der Waals surface area contributed by atoms with Gasteiger partial charge in [0, 0.05) is 24.2 Å². The van der Waals surface area contributed by atoms with E-state index < -0.39 is 0 Å². The number of aromatic nitrogens is 2. The molecule has 0 radical (unpaired) electrons. The smallest absolute Gasteiger partial charge is 0.138 e. The van der Waals surface area contributed by atoms with Crippen molar-refractivity contribution in [2.24, 2.45) is 0 Å². The highest BCUT2D eigenvalue weighted by Gasteiger charge is 2.20. The van der Waals surface area contributed by atoms with Gasteiger partial charge >= 0.3 is 0 Å². The van der Waals surface area contributed by atoms with Crippen LogP contribution in [-0.4, -0.2) is 16.5 Å². The Kier molecular flexibility index (Phi) is 3.30. The summed E-state index contributed by atoms with van der Waals surface area (Å²) < 4.78 is 0. The van der Waals surface area contributed by atoms with Crippen LogP contribution in [0.15, 0.2) is 30.3 Å². The van der Waals surface area contributed by atoms with Gasteiger partial charge in [-0.25, -0.2) is 9.97 Å². The maximum Gasteiger partial charge on any atom is 0.138 e. The summed E-state index contributed by atoms with van der Waals surface area (Å²) in [5.41, 5.74) is 8.57. The highest BCUT2D eigenvalue weighted by molar-refractivity contribution is 5.66. The Hall–Kier alpha value is -2.10. The third-order valence-corrected chi connectivity index (χ3v) is 3.65. The Morgan fingerprint density at radius 3 is 2.80 bits per heavy atom. The van der Waals surface area contributed by atoms with E-state index >= 15 is 0 Å². The van der Waals surface area contributed by atoms with E-state index in [1.165, 1.54) is 11.3 Å². The quantitative estimate of drug-likeness (QED) is 0.908. The second kappa shape index (κ2) is 5.12. The molecule has 3 rings (SSSR count). The fraction of sp³-hybridized carbons (Fsp3) is 0.375. The minimum absolute atomic E-state index is 0.275. The molecule has 20 heavy (non-hydrogen) atoms. The van der Waals surface area contributed by atoms with Gasteiger partial charge in [-0.05, 0) is 24.5 Å². The molecule has 4 heteroatoms. The van der Waals surface area contributed by atoms with E-state index in [0.29, 0.717) is 5.82 Å². The van der Waals surface area contributed by atoms with Crippen LogP contribution in [0.1, 0.15) is 37.6 Å². The Morgan fingerprint density at radius 1 is 1.20 bits per heavy atom. The maximum atomic E-state index is 5.95. The Labute approximate surface area is 119 Å². The number of anilines is 3. The molecule has 0 aliphatic carbocycles. The summed E-state index contributed by atoms with van der Waals surface area (Å²) in [4.78, 5) is 11.3. The second-order valence-electron chi connectivity index (χ2n) is 5.55. The largest absolute Gasteiger partial charge is 0.384 e. The second-order valence-corrected chi connectivity index (χ2v) is 5.55. The zero-order valence-electron chi connectivity index (χ0n) is 12.0. The highest BCUT2D eigenvalue weighted by atomic mass is 15.2. The van der Waals surface area contributed by atoms with Gasteiger partial charge in [0.1, 0.15) is 17.5 Å². The van der Waals surface area contributed by atoms with Gasteiger partial charge in [-0.15, -0.1) is 0 Å². The predicted molar refractivity (Wildman–Crippen MR) is 82.3 cm³/mol. The van der Waals surface area contributed by atoms with Gasteiger partial charge in [-0.1, -0.05) is 32.0 Å². The number of rotatable bonds is 2. The van der Waals surface area contributed by atoms with Crippen LogP contribution in [0.4, 0.5) is 17.3 Å². The molecular weight excluding hydrogens is 248 g/mol. The summed E-state index contributed by atoms with van der Waals surface area (Å²) in [7, 11) is 0. The molecule has 1 aromatic heterocycles. The molecule has 2 heterocycles. The molecule has 0 bridgehead atoms. The minimum atomic E-state index is 0.275. The van der Waals surface area contributed by atoms with E-state index in [1.807, 2.05) is 6.07 Å². The van der Waals surface area contributed by atoms with Crippen LogP contribution >= 0.6 is 0 Å². The molecule has 0 spiro atoms. The lowest BCUT2D eigenvalue weighted by Gasteiger charge is -2.30. The van der Waals surface area contributed by atoms with Crippen LogP contribution in [0.2, 0.25) is 0 Å². The van der Waals surface area contributed by atoms with Crippen molar-refractivity contribution in [2.45, 2.75) is 32.6 Å². The van der Waals surface area contributed by atoms with Gasteiger partial charge in [-0.2, -0.15) is 0 Å². The lowest BCUT2D eigenvalue weighted by molar-refractivity contribution is 0.738. The first-order valence-corrected chi connectivity index (χ1v) is 7.15. The molecule has 0 atom stereocenters. The van der Waals surface area contributed by atoms with Crippen molar-refractivity contribution in [3.63, 3.8) is 0 Å². The van der Waals surface area contributed by atoms with Gasteiger partial charge in [0.15, 0.2) is 0 Å². The van der Waals surface area contributed by atoms with E-state index in [1.54, 1.807) is 0 Å². The Balaban J connectivity index is 2.06. The molecule has 104 valence electrons. The average molecular weight is 268 g/mol. The minimum Gasteiger partial charge on any atom is -0.384 e. The number of nitrogen functional groups attached to an aromatic ring is 1. The molecule has 0 saturated carbocycles. The number of aryl methyl sites for hydroxylation is 1. The van der Waals surface area contributed by atoms with E-state index in [4.69, 9.17) is 10.7 Å². The lowest BCUT2D eigenvalue weighted by Crippen LogP contribution is -2.26. The van der Waals surface area contributed by atoms with Gasteiger partial charge < -0.3 is 10.6 Å². The summed E-state index contributed by atoms with van der Waals surface area (Å²) in [6.07, 6.45) is 2.27. The monoisotopic (exact) mass is 268 g/mol. The first-order chi connectivity index (χ1) is 9.65. The van der Waals surface area contributed by atoms with Crippen LogP contribution in [0.5, 0.6) is 0 Å². The third-order valence-electron chi connectivity index (χ3n) is 3.65. The molecule has 0 unspecified atom stereocenters. The highest BCUT2D eigenvalue weighted by Crippen LogP contribution is 2.33. The van der Waals surface area contributed by atoms with Crippen molar-refractivity contribution in [3.8, 4) is 0 Å². The number of nitrogens with two attached hydrogens (primary N) is 1. The number of hydrogen-bond donors (Lipinski definition) is 1. The van der Waals surface area contributed by atoms with Crippen molar-refractivity contribution in [2.75, 3.05) is 17.2 Å². The van der Waals surface area contributed by atoms with Crippen LogP contribution in [-0.2, 0) is 6.42 Å². The van der Waals surface area contributed by atoms with Gasteiger partial charge in [-0.3, -0.25) is 0 Å². The Morgan fingerprint density at radius 2 is 2.00 bits per heavy atom. The summed E-state index contributed by atoms with van der Waals surface area (Å²) in [6, 6.07) is 10.4. The van der Waals surface area contributed by atoms with Crippen molar-refractivity contribution >= 4 is 17.3 Å². The maximum absolute atomic E-state index is 5.95. The summed E-state index contributed by atoms with van der Waals surface area (Å²) >= 11 is 0.